The number of hydrogen-bond acceptors (Lipinski definition) is 2. The molecule has 0 spiro atoms. The minimum Gasteiger partial charge on any atom is -0.339 e. The van der Waals surface area contributed by atoms with Crippen LogP contribution in [0.5, 0.6) is 0 Å². The van der Waals surface area contributed by atoms with E-state index in [1.165, 1.54) is 42.4 Å². The summed E-state index contributed by atoms with van der Waals surface area (Å²) in [5, 5.41) is 3.40. The molecule has 0 saturated carbocycles. The Balaban J connectivity index is 0.00000208. The molecule has 0 radical (unpaired) electrons. The van der Waals surface area contributed by atoms with Crippen molar-refractivity contribution in [1.29, 1.82) is 0 Å². The Bertz CT molecular complexity index is 540. The van der Waals surface area contributed by atoms with Crippen LogP contribution in [0.3, 0.4) is 0 Å². The molecule has 0 bridgehead atoms. The fourth-order valence-corrected chi connectivity index (χ4v) is 4.04. The summed E-state index contributed by atoms with van der Waals surface area (Å²) in [6.07, 6.45) is 8.79. The number of piperidine rings is 1. The largest absolute Gasteiger partial charge is 0.339 e. The smallest absolute Gasteiger partial charge is 0.227 e. The van der Waals surface area contributed by atoms with Crippen LogP contribution < -0.4 is 5.32 Å². The lowest BCUT2D eigenvalue weighted by Crippen LogP contribution is -2.47. The van der Waals surface area contributed by atoms with Gasteiger partial charge < -0.3 is 10.2 Å². The van der Waals surface area contributed by atoms with Crippen molar-refractivity contribution in [3.63, 3.8) is 0 Å². The number of halogens is 1. The van der Waals surface area contributed by atoms with Gasteiger partial charge in [0.25, 0.3) is 0 Å². The van der Waals surface area contributed by atoms with E-state index in [9.17, 15) is 4.79 Å². The van der Waals surface area contributed by atoms with Crippen molar-refractivity contribution >= 4 is 18.3 Å². The van der Waals surface area contributed by atoms with E-state index >= 15 is 0 Å². The first kappa shape index (κ1) is 19.3. The van der Waals surface area contributed by atoms with Gasteiger partial charge in [0.05, 0.1) is 6.42 Å². The molecule has 1 aliphatic heterocycles. The van der Waals surface area contributed by atoms with Gasteiger partial charge in [-0.05, 0) is 74.7 Å². The summed E-state index contributed by atoms with van der Waals surface area (Å²) < 4.78 is 0. The molecule has 1 aliphatic carbocycles. The number of carbonyl (C=O) groups is 1. The highest BCUT2D eigenvalue weighted by Crippen LogP contribution is 2.23. The van der Waals surface area contributed by atoms with Gasteiger partial charge >= 0.3 is 0 Å². The van der Waals surface area contributed by atoms with Gasteiger partial charge in [0.2, 0.25) is 5.91 Å². The van der Waals surface area contributed by atoms with Gasteiger partial charge in [0.1, 0.15) is 0 Å². The fraction of sp³-hybridized carbons (Fsp3) is 0.650. The molecule has 1 saturated heterocycles. The van der Waals surface area contributed by atoms with Gasteiger partial charge in [0, 0.05) is 12.6 Å². The van der Waals surface area contributed by atoms with E-state index < -0.39 is 0 Å². The summed E-state index contributed by atoms with van der Waals surface area (Å²) >= 11 is 0. The van der Waals surface area contributed by atoms with E-state index in [0.717, 1.165) is 38.9 Å². The van der Waals surface area contributed by atoms with Crippen LogP contribution in [0.4, 0.5) is 0 Å². The van der Waals surface area contributed by atoms with Crippen molar-refractivity contribution in [3.8, 4) is 0 Å². The van der Waals surface area contributed by atoms with Crippen LogP contribution >= 0.6 is 12.4 Å². The predicted octanol–water partition coefficient (Wildman–Crippen LogP) is 3.52. The summed E-state index contributed by atoms with van der Waals surface area (Å²) in [6, 6.07) is 7.15. The first-order chi connectivity index (χ1) is 11.3. The number of benzene rings is 1. The maximum Gasteiger partial charge on any atom is 0.227 e. The summed E-state index contributed by atoms with van der Waals surface area (Å²) in [5.41, 5.74) is 4.17. The third kappa shape index (κ3) is 4.73. The van der Waals surface area contributed by atoms with Gasteiger partial charge in [-0.15, -0.1) is 12.4 Å². The molecule has 0 unspecified atom stereocenters. The molecular formula is C20H31ClN2O. The highest BCUT2D eigenvalue weighted by molar-refractivity contribution is 5.85. The molecule has 1 amide bonds. The van der Waals surface area contributed by atoms with E-state index in [1.54, 1.807) is 0 Å². The highest BCUT2D eigenvalue weighted by Gasteiger charge is 2.24. The topological polar surface area (TPSA) is 32.3 Å². The van der Waals surface area contributed by atoms with Crippen LogP contribution in [0.2, 0.25) is 0 Å². The van der Waals surface area contributed by atoms with Gasteiger partial charge in [-0.2, -0.15) is 0 Å². The van der Waals surface area contributed by atoms with Crippen LogP contribution in [0.1, 0.15) is 55.7 Å². The number of rotatable bonds is 5. The lowest BCUT2D eigenvalue weighted by molar-refractivity contribution is -0.133. The quantitative estimate of drug-likeness (QED) is 0.881. The Morgan fingerprint density at radius 2 is 1.88 bits per heavy atom. The van der Waals surface area contributed by atoms with Crippen LogP contribution in [0.15, 0.2) is 18.2 Å². The Hall–Kier alpha value is -1.06. The molecule has 1 aromatic rings. The molecule has 1 heterocycles. The molecule has 1 N–H and O–H groups in total. The third-order valence-electron chi connectivity index (χ3n) is 5.30. The first-order valence-corrected chi connectivity index (χ1v) is 9.39. The zero-order valence-corrected chi connectivity index (χ0v) is 15.7. The van der Waals surface area contributed by atoms with Crippen molar-refractivity contribution in [2.75, 3.05) is 19.6 Å². The van der Waals surface area contributed by atoms with E-state index in [0.29, 0.717) is 18.4 Å². The molecule has 2 aliphatic rings. The summed E-state index contributed by atoms with van der Waals surface area (Å²) in [4.78, 5) is 15.0. The van der Waals surface area contributed by atoms with Crippen molar-refractivity contribution in [2.24, 2.45) is 0 Å². The number of aryl methyl sites for hydroxylation is 2. The minimum atomic E-state index is 0. The van der Waals surface area contributed by atoms with Crippen molar-refractivity contribution in [2.45, 2.75) is 64.3 Å². The Morgan fingerprint density at radius 3 is 2.58 bits per heavy atom. The molecule has 134 valence electrons. The SMILES string of the molecule is CCCN(C(=O)Cc1ccc2c(c1)CCCC2)C1CCNCC1.Cl. The summed E-state index contributed by atoms with van der Waals surface area (Å²) in [6.45, 7) is 5.14. The van der Waals surface area contributed by atoms with Crippen LogP contribution in [-0.2, 0) is 24.1 Å². The van der Waals surface area contributed by atoms with Crippen LogP contribution in [-0.4, -0.2) is 36.5 Å². The van der Waals surface area contributed by atoms with Crippen molar-refractivity contribution in [1.82, 2.24) is 10.2 Å². The average molecular weight is 351 g/mol. The lowest BCUT2D eigenvalue weighted by atomic mass is 9.90. The minimum absolute atomic E-state index is 0. The van der Waals surface area contributed by atoms with Crippen LogP contribution in [0, 0.1) is 0 Å². The van der Waals surface area contributed by atoms with Crippen molar-refractivity contribution in [3.05, 3.63) is 34.9 Å². The maximum absolute atomic E-state index is 12.9. The molecular weight excluding hydrogens is 320 g/mol. The molecule has 0 atom stereocenters. The van der Waals surface area contributed by atoms with Gasteiger partial charge in [-0.3, -0.25) is 4.79 Å². The summed E-state index contributed by atoms with van der Waals surface area (Å²) in [5.74, 6) is 0.314. The predicted molar refractivity (Wildman–Crippen MR) is 102 cm³/mol. The maximum atomic E-state index is 12.9. The second-order valence-electron chi connectivity index (χ2n) is 7.06. The Labute approximate surface area is 152 Å². The zero-order chi connectivity index (χ0) is 16.1. The van der Waals surface area contributed by atoms with Gasteiger partial charge in [-0.25, -0.2) is 0 Å². The summed E-state index contributed by atoms with van der Waals surface area (Å²) in [7, 11) is 0. The standard InChI is InChI=1S/C20H30N2O.ClH/c1-2-13-22(19-9-11-21-12-10-19)20(23)15-16-7-8-17-5-3-4-6-18(17)14-16;/h7-8,14,19,21H,2-6,9-13,15H2,1H3;1H. The molecule has 0 aromatic heterocycles. The van der Waals surface area contributed by atoms with Crippen molar-refractivity contribution < 1.29 is 4.79 Å². The van der Waals surface area contributed by atoms with E-state index in [4.69, 9.17) is 0 Å². The molecule has 4 heteroatoms. The fourth-order valence-electron chi connectivity index (χ4n) is 4.04. The molecule has 24 heavy (non-hydrogen) atoms. The average Bonchev–Trinajstić information content (AvgIpc) is 2.60. The van der Waals surface area contributed by atoms with E-state index in [-0.39, 0.29) is 12.4 Å². The second kappa shape index (κ2) is 9.43. The number of nitrogens with one attached hydrogen (secondary N) is 1. The van der Waals surface area contributed by atoms with E-state index in [2.05, 4.69) is 35.3 Å². The van der Waals surface area contributed by atoms with Gasteiger partial charge in [0.15, 0.2) is 0 Å². The number of nitrogens with zero attached hydrogens (tertiary/aromatic N) is 1. The molecule has 1 fully saturated rings. The third-order valence-corrected chi connectivity index (χ3v) is 5.30. The first-order valence-electron chi connectivity index (χ1n) is 9.39. The Morgan fingerprint density at radius 1 is 1.17 bits per heavy atom. The lowest BCUT2D eigenvalue weighted by Gasteiger charge is -2.34. The molecule has 3 nitrogen and oxygen atoms in total. The second-order valence-corrected chi connectivity index (χ2v) is 7.06. The van der Waals surface area contributed by atoms with Crippen LogP contribution in [0.25, 0.3) is 0 Å². The zero-order valence-electron chi connectivity index (χ0n) is 14.9. The number of amides is 1. The normalized spacial score (nSPS) is 17.7. The molecule has 3 rings (SSSR count). The molecule has 1 aromatic carbocycles. The number of fused-ring (bicyclic) bond motifs is 1. The number of hydrogen-bond donors (Lipinski definition) is 1. The van der Waals surface area contributed by atoms with E-state index in [1.807, 2.05) is 0 Å². The highest BCUT2D eigenvalue weighted by atomic mass is 35.5. The van der Waals surface area contributed by atoms with Gasteiger partial charge in [-0.1, -0.05) is 25.1 Å². The Kier molecular flexibility index (Phi) is 7.57. The number of carbonyl (C=O) groups excluding carboxylic acids is 1. The monoisotopic (exact) mass is 350 g/mol.